The smallest absolute Gasteiger partial charge is 0.192 e. The van der Waals surface area contributed by atoms with E-state index in [1.807, 2.05) is 0 Å². The maximum Gasteiger partial charge on any atom is 0.192 e. The zero-order valence-corrected chi connectivity index (χ0v) is 13.7. The minimum Gasteiger partial charge on any atom is -0.416 e. The molecular weight excluding hydrogens is 226 g/mol. The van der Waals surface area contributed by atoms with Crippen molar-refractivity contribution < 1.29 is 4.43 Å². The number of nitrogens with zero attached hydrogens (tertiary/aromatic N) is 1. The molecule has 1 saturated heterocycles. The fourth-order valence-electron chi connectivity index (χ4n) is 2.14. The average molecular weight is 257 g/mol. The van der Waals surface area contributed by atoms with Gasteiger partial charge >= 0.3 is 0 Å². The minimum atomic E-state index is -1.53. The van der Waals surface area contributed by atoms with Gasteiger partial charge in [-0.25, -0.2) is 0 Å². The summed E-state index contributed by atoms with van der Waals surface area (Å²) >= 11 is 0. The predicted molar refractivity (Wildman–Crippen MR) is 78.0 cm³/mol. The third-order valence-corrected chi connectivity index (χ3v) is 8.96. The van der Waals surface area contributed by atoms with Gasteiger partial charge in [0.25, 0.3) is 0 Å². The van der Waals surface area contributed by atoms with Crippen molar-refractivity contribution in [2.75, 3.05) is 26.2 Å². The fourth-order valence-corrected chi connectivity index (χ4v) is 3.17. The molecule has 0 aliphatic carbocycles. The second-order valence-corrected chi connectivity index (χ2v) is 12.0. The number of piperidine rings is 1. The summed E-state index contributed by atoms with van der Waals surface area (Å²) in [5.74, 6) is 0.872. The van der Waals surface area contributed by atoms with Crippen LogP contribution in [-0.2, 0) is 4.43 Å². The maximum atomic E-state index is 6.23. The Kier molecular flexibility index (Phi) is 5.23. The SMILES string of the molecule is CC1CCCN(CCO[Si](C)(C)C(C)(C)C)C1. The van der Waals surface area contributed by atoms with E-state index >= 15 is 0 Å². The quantitative estimate of drug-likeness (QED) is 0.711. The molecule has 102 valence electrons. The van der Waals surface area contributed by atoms with Crippen LogP contribution in [0, 0.1) is 5.92 Å². The van der Waals surface area contributed by atoms with Gasteiger partial charge in [-0.05, 0) is 43.4 Å². The third kappa shape index (κ3) is 4.72. The van der Waals surface area contributed by atoms with Crippen LogP contribution < -0.4 is 0 Å². The molecule has 0 saturated carbocycles. The summed E-state index contributed by atoms with van der Waals surface area (Å²) in [4.78, 5) is 2.57. The van der Waals surface area contributed by atoms with E-state index in [0.29, 0.717) is 5.04 Å². The lowest BCUT2D eigenvalue weighted by atomic mass is 10.0. The van der Waals surface area contributed by atoms with Crippen LogP contribution in [0.4, 0.5) is 0 Å². The van der Waals surface area contributed by atoms with Crippen molar-refractivity contribution in [1.29, 1.82) is 0 Å². The molecule has 17 heavy (non-hydrogen) atoms. The normalized spacial score (nSPS) is 24.0. The lowest BCUT2D eigenvalue weighted by Crippen LogP contribution is -2.44. The molecular formula is C14H31NOSi. The van der Waals surface area contributed by atoms with Crippen molar-refractivity contribution >= 4 is 8.32 Å². The Morgan fingerprint density at radius 1 is 1.29 bits per heavy atom. The van der Waals surface area contributed by atoms with Gasteiger partial charge in [-0.1, -0.05) is 27.7 Å². The molecule has 3 heteroatoms. The third-order valence-electron chi connectivity index (χ3n) is 4.42. The van der Waals surface area contributed by atoms with Crippen molar-refractivity contribution in [1.82, 2.24) is 4.90 Å². The van der Waals surface area contributed by atoms with Gasteiger partial charge < -0.3 is 9.33 Å². The number of likely N-dealkylation sites (tertiary alicyclic amines) is 1. The van der Waals surface area contributed by atoms with Crippen LogP contribution in [0.5, 0.6) is 0 Å². The highest BCUT2D eigenvalue weighted by Gasteiger charge is 2.37. The monoisotopic (exact) mass is 257 g/mol. The lowest BCUT2D eigenvalue weighted by molar-refractivity contribution is 0.148. The summed E-state index contributed by atoms with van der Waals surface area (Å²) in [6, 6.07) is 0. The molecule has 0 amide bonds. The predicted octanol–water partition coefficient (Wildman–Crippen LogP) is 3.74. The summed E-state index contributed by atoms with van der Waals surface area (Å²) in [6.45, 7) is 18.5. The zero-order valence-electron chi connectivity index (χ0n) is 12.7. The molecule has 1 unspecified atom stereocenters. The summed E-state index contributed by atoms with van der Waals surface area (Å²) < 4.78 is 6.23. The summed E-state index contributed by atoms with van der Waals surface area (Å²) in [5.41, 5.74) is 0. The molecule has 0 spiro atoms. The van der Waals surface area contributed by atoms with Gasteiger partial charge in [-0.2, -0.15) is 0 Å². The van der Waals surface area contributed by atoms with E-state index in [4.69, 9.17) is 4.43 Å². The highest BCUT2D eigenvalue weighted by atomic mass is 28.4. The molecule has 1 rings (SSSR count). The summed E-state index contributed by atoms with van der Waals surface area (Å²) in [6.07, 6.45) is 2.76. The van der Waals surface area contributed by atoms with Crippen molar-refractivity contribution in [2.24, 2.45) is 5.92 Å². The molecule has 0 aromatic heterocycles. The van der Waals surface area contributed by atoms with Crippen LogP contribution in [-0.4, -0.2) is 39.5 Å². The molecule has 1 aliphatic rings. The highest BCUT2D eigenvalue weighted by Crippen LogP contribution is 2.36. The molecule has 1 aliphatic heterocycles. The van der Waals surface area contributed by atoms with E-state index in [0.717, 1.165) is 19.1 Å². The second-order valence-electron chi connectivity index (χ2n) is 7.16. The Hall–Kier alpha value is 0.137. The highest BCUT2D eigenvalue weighted by molar-refractivity contribution is 6.74. The van der Waals surface area contributed by atoms with Crippen molar-refractivity contribution in [2.45, 2.75) is 58.7 Å². The molecule has 0 N–H and O–H groups in total. The Morgan fingerprint density at radius 2 is 1.94 bits per heavy atom. The molecule has 1 fully saturated rings. The van der Waals surface area contributed by atoms with E-state index in [9.17, 15) is 0 Å². The van der Waals surface area contributed by atoms with Crippen LogP contribution >= 0.6 is 0 Å². The van der Waals surface area contributed by atoms with Crippen molar-refractivity contribution in [3.8, 4) is 0 Å². The summed E-state index contributed by atoms with van der Waals surface area (Å²) in [7, 11) is -1.53. The molecule has 0 aromatic rings. The van der Waals surface area contributed by atoms with Gasteiger partial charge in [0.15, 0.2) is 8.32 Å². The molecule has 2 nitrogen and oxygen atoms in total. The van der Waals surface area contributed by atoms with E-state index < -0.39 is 8.32 Å². The van der Waals surface area contributed by atoms with Crippen molar-refractivity contribution in [3.63, 3.8) is 0 Å². The minimum absolute atomic E-state index is 0.336. The zero-order chi connectivity index (χ0) is 13.1. The number of rotatable bonds is 4. The fraction of sp³-hybridized carbons (Fsp3) is 1.00. The van der Waals surface area contributed by atoms with Gasteiger partial charge in [0.05, 0.1) is 0 Å². The molecule has 1 atom stereocenters. The first-order valence-corrected chi connectivity index (χ1v) is 9.99. The standard InChI is InChI=1S/C14H31NOSi/c1-13-8-7-9-15(12-13)10-11-16-17(5,6)14(2,3)4/h13H,7-12H2,1-6H3. The average Bonchev–Trinajstić information content (AvgIpc) is 2.15. The molecule has 0 radical (unpaired) electrons. The Balaban J connectivity index is 2.28. The Labute approximate surface area is 109 Å². The van der Waals surface area contributed by atoms with Gasteiger partial charge in [0.1, 0.15) is 0 Å². The van der Waals surface area contributed by atoms with Gasteiger partial charge in [-0.3, -0.25) is 0 Å². The van der Waals surface area contributed by atoms with E-state index in [1.165, 1.54) is 25.9 Å². The van der Waals surface area contributed by atoms with Crippen LogP contribution in [0.3, 0.4) is 0 Å². The first kappa shape index (κ1) is 15.2. The van der Waals surface area contributed by atoms with Gasteiger partial charge in [-0.15, -0.1) is 0 Å². The first-order chi connectivity index (χ1) is 7.72. The van der Waals surface area contributed by atoms with E-state index in [1.54, 1.807) is 0 Å². The Morgan fingerprint density at radius 3 is 2.47 bits per heavy atom. The van der Waals surface area contributed by atoms with Crippen LogP contribution in [0.2, 0.25) is 18.1 Å². The number of hydrogen-bond acceptors (Lipinski definition) is 2. The largest absolute Gasteiger partial charge is 0.416 e. The molecule has 0 bridgehead atoms. The van der Waals surface area contributed by atoms with E-state index in [-0.39, 0.29) is 0 Å². The van der Waals surface area contributed by atoms with Gasteiger partial charge in [0, 0.05) is 19.7 Å². The Bertz CT molecular complexity index is 235. The molecule has 1 heterocycles. The first-order valence-electron chi connectivity index (χ1n) is 7.09. The second kappa shape index (κ2) is 5.85. The topological polar surface area (TPSA) is 12.5 Å². The maximum absolute atomic E-state index is 6.23. The van der Waals surface area contributed by atoms with Crippen LogP contribution in [0.15, 0.2) is 0 Å². The van der Waals surface area contributed by atoms with Crippen LogP contribution in [0.1, 0.15) is 40.5 Å². The number of hydrogen-bond donors (Lipinski definition) is 0. The van der Waals surface area contributed by atoms with Gasteiger partial charge in [0.2, 0.25) is 0 Å². The lowest BCUT2D eigenvalue weighted by Gasteiger charge is -2.37. The molecule has 0 aromatic carbocycles. The van der Waals surface area contributed by atoms with Crippen LogP contribution in [0.25, 0.3) is 0 Å². The van der Waals surface area contributed by atoms with E-state index in [2.05, 4.69) is 45.7 Å². The van der Waals surface area contributed by atoms with Crippen molar-refractivity contribution in [3.05, 3.63) is 0 Å². The summed E-state index contributed by atoms with van der Waals surface area (Å²) in [5, 5.41) is 0.336.